The Morgan fingerprint density at radius 3 is 2.50 bits per heavy atom. The van der Waals surface area contributed by atoms with E-state index >= 15 is 0 Å². The van der Waals surface area contributed by atoms with Crippen molar-refractivity contribution < 1.29 is 4.74 Å². The third-order valence-electron chi connectivity index (χ3n) is 5.51. The van der Waals surface area contributed by atoms with Crippen molar-refractivity contribution in [1.29, 1.82) is 0 Å². The molecule has 0 unspecified atom stereocenters. The standard InChI is InChI=1S/C18H29N3O/c1-16-3-8-19-17(15-16)22-14-13-21-11-6-18(7-12-21)4-9-20(2)10-5-18/h3,8,15H,4-7,9-14H2,1-2H3. The van der Waals surface area contributed by atoms with Crippen LogP contribution in [0.15, 0.2) is 18.3 Å². The molecule has 2 aliphatic rings. The number of hydrogen-bond donors (Lipinski definition) is 0. The van der Waals surface area contributed by atoms with Crippen LogP contribution < -0.4 is 4.74 Å². The van der Waals surface area contributed by atoms with Crippen LogP contribution in [0.2, 0.25) is 0 Å². The van der Waals surface area contributed by atoms with Gasteiger partial charge in [-0.2, -0.15) is 0 Å². The Kier molecular flexibility index (Phi) is 4.99. The third-order valence-corrected chi connectivity index (χ3v) is 5.51. The van der Waals surface area contributed by atoms with E-state index in [2.05, 4.69) is 28.8 Å². The third kappa shape index (κ3) is 3.99. The minimum Gasteiger partial charge on any atom is -0.476 e. The summed E-state index contributed by atoms with van der Waals surface area (Å²) in [7, 11) is 2.25. The van der Waals surface area contributed by atoms with Gasteiger partial charge in [-0.15, -0.1) is 0 Å². The van der Waals surface area contributed by atoms with E-state index in [1.165, 1.54) is 57.4 Å². The normalized spacial score (nSPS) is 22.8. The quantitative estimate of drug-likeness (QED) is 0.855. The first-order chi connectivity index (χ1) is 10.7. The molecule has 4 heteroatoms. The lowest BCUT2D eigenvalue weighted by atomic mass is 9.71. The molecule has 3 heterocycles. The zero-order valence-corrected chi connectivity index (χ0v) is 14.1. The number of ether oxygens (including phenoxy) is 1. The van der Waals surface area contributed by atoms with Crippen LogP contribution in [0, 0.1) is 12.3 Å². The number of piperidine rings is 2. The highest BCUT2D eigenvalue weighted by Gasteiger charge is 2.36. The first-order valence-electron chi connectivity index (χ1n) is 8.62. The highest BCUT2D eigenvalue weighted by molar-refractivity contribution is 5.18. The maximum atomic E-state index is 5.78. The number of likely N-dealkylation sites (tertiary alicyclic amines) is 2. The fourth-order valence-corrected chi connectivity index (χ4v) is 3.71. The lowest BCUT2D eigenvalue weighted by Crippen LogP contribution is -2.46. The minimum absolute atomic E-state index is 0.641. The van der Waals surface area contributed by atoms with E-state index < -0.39 is 0 Å². The maximum Gasteiger partial charge on any atom is 0.213 e. The van der Waals surface area contributed by atoms with E-state index in [0.717, 1.165) is 19.0 Å². The largest absolute Gasteiger partial charge is 0.476 e. The molecule has 0 bridgehead atoms. The molecule has 1 aromatic heterocycles. The molecule has 122 valence electrons. The van der Waals surface area contributed by atoms with Gasteiger partial charge in [0.15, 0.2) is 0 Å². The molecule has 0 aliphatic carbocycles. The summed E-state index contributed by atoms with van der Waals surface area (Å²) in [5, 5.41) is 0. The molecule has 22 heavy (non-hydrogen) atoms. The Labute approximate surface area is 134 Å². The van der Waals surface area contributed by atoms with Gasteiger partial charge in [0, 0.05) is 18.8 Å². The van der Waals surface area contributed by atoms with E-state index in [0.29, 0.717) is 5.41 Å². The van der Waals surface area contributed by atoms with Crippen molar-refractivity contribution in [3.05, 3.63) is 23.9 Å². The van der Waals surface area contributed by atoms with Crippen LogP contribution in [-0.4, -0.2) is 61.2 Å². The van der Waals surface area contributed by atoms with Crippen molar-refractivity contribution in [1.82, 2.24) is 14.8 Å². The highest BCUT2D eigenvalue weighted by atomic mass is 16.5. The Bertz CT molecular complexity index is 473. The van der Waals surface area contributed by atoms with Crippen molar-refractivity contribution in [3.63, 3.8) is 0 Å². The molecular weight excluding hydrogens is 274 g/mol. The van der Waals surface area contributed by atoms with E-state index in [4.69, 9.17) is 4.74 Å². The average molecular weight is 303 g/mol. The van der Waals surface area contributed by atoms with Crippen molar-refractivity contribution in [2.45, 2.75) is 32.6 Å². The van der Waals surface area contributed by atoms with Crippen LogP contribution in [0.3, 0.4) is 0 Å². The van der Waals surface area contributed by atoms with Crippen LogP contribution in [0.25, 0.3) is 0 Å². The number of aryl methyl sites for hydroxylation is 1. The Morgan fingerprint density at radius 2 is 1.82 bits per heavy atom. The second-order valence-corrected chi connectivity index (χ2v) is 7.16. The number of hydrogen-bond acceptors (Lipinski definition) is 4. The van der Waals surface area contributed by atoms with Gasteiger partial charge in [-0.25, -0.2) is 4.98 Å². The van der Waals surface area contributed by atoms with E-state index in [1.54, 1.807) is 0 Å². The summed E-state index contributed by atoms with van der Waals surface area (Å²) in [6.07, 6.45) is 7.32. The fraction of sp³-hybridized carbons (Fsp3) is 0.722. The summed E-state index contributed by atoms with van der Waals surface area (Å²) in [4.78, 5) is 9.28. The lowest BCUT2D eigenvalue weighted by Gasteiger charge is -2.46. The number of pyridine rings is 1. The molecule has 1 spiro atoms. The molecular formula is C18H29N3O. The first kappa shape index (κ1) is 15.8. The summed E-state index contributed by atoms with van der Waals surface area (Å²) in [5.74, 6) is 0.754. The van der Waals surface area contributed by atoms with Crippen molar-refractivity contribution >= 4 is 0 Å². The Morgan fingerprint density at radius 1 is 1.14 bits per heavy atom. The molecule has 2 aliphatic heterocycles. The van der Waals surface area contributed by atoms with Gasteiger partial charge in [-0.3, -0.25) is 4.90 Å². The molecule has 2 saturated heterocycles. The second kappa shape index (κ2) is 6.97. The predicted molar refractivity (Wildman–Crippen MR) is 89.3 cm³/mol. The van der Waals surface area contributed by atoms with Crippen molar-refractivity contribution in [2.24, 2.45) is 5.41 Å². The summed E-state index contributed by atoms with van der Waals surface area (Å²) in [5.41, 5.74) is 1.84. The SMILES string of the molecule is Cc1ccnc(OCCN2CCC3(CCN(C)CC3)CC2)c1. The van der Waals surface area contributed by atoms with Crippen LogP contribution in [0.5, 0.6) is 5.88 Å². The van der Waals surface area contributed by atoms with Gasteiger partial charge in [0.25, 0.3) is 0 Å². The molecule has 0 amide bonds. The minimum atomic E-state index is 0.641. The second-order valence-electron chi connectivity index (χ2n) is 7.16. The van der Waals surface area contributed by atoms with Crippen LogP contribution >= 0.6 is 0 Å². The molecule has 0 aromatic carbocycles. The topological polar surface area (TPSA) is 28.6 Å². The van der Waals surface area contributed by atoms with Crippen molar-refractivity contribution in [2.75, 3.05) is 46.4 Å². The molecule has 0 atom stereocenters. The van der Waals surface area contributed by atoms with Crippen LogP contribution in [-0.2, 0) is 0 Å². The lowest BCUT2D eigenvalue weighted by molar-refractivity contribution is 0.0382. The van der Waals surface area contributed by atoms with E-state index in [1.807, 2.05) is 18.3 Å². The summed E-state index contributed by atoms with van der Waals surface area (Å²) in [6.45, 7) is 8.85. The van der Waals surface area contributed by atoms with Gasteiger partial charge in [-0.1, -0.05) is 0 Å². The van der Waals surface area contributed by atoms with E-state index in [-0.39, 0.29) is 0 Å². The smallest absolute Gasteiger partial charge is 0.213 e. The van der Waals surface area contributed by atoms with Gasteiger partial charge in [0.2, 0.25) is 5.88 Å². The number of rotatable bonds is 4. The van der Waals surface area contributed by atoms with Gasteiger partial charge < -0.3 is 9.64 Å². The summed E-state index contributed by atoms with van der Waals surface area (Å²) in [6, 6.07) is 4.00. The number of nitrogens with zero attached hydrogens (tertiary/aromatic N) is 3. The maximum absolute atomic E-state index is 5.78. The predicted octanol–water partition coefficient (Wildman–Crippen LogP) is 2.58. The van der Waals surface area contributed by atoms with Crippen LogP contribution in [0.4, 0.5) is 0 Å². The summed E-state index contributed by atoms with van der Waals surface area (Å²) >= 11 is 0. The summed E-state index contributed by atoms with van der Waals surface area (Å²) < 4.78 is 5.78. The molecule has 0 N–H and O–H groups in total. The van der Waals surface area contributed by atoms with Crippen molar-refractivity contribution in [3.8, 4) is 5.88 Å². The first-order valence-corrected chi connectivity index (χ1v) is 8.62. The van der Waals surface area contributed by atoms with Gasteiger partial charge in [0.1, 0.15) is 6.61 Å². The molecule has 3 rings (SSSR count). The molecule has 2 fully saturated rings. The highest BCUT2D eigenvalue weighted by Crippen LogP contribution is 2.40. The fourth-order valence-electron chi connectivity index (χ4n) is 3.71. The van der Waals surface area contributed by atoms with Gasteiger partial charge in [0.05, 0.1) is 0 Å². The zero-order chi connectivity index (χ0) is 15.4. The molecule has 4 nitrogen and oxygen atoms in total. The number of aromatic nitrogens is 1. The van der Waals surface area contributed by atoms with Gasteiger partial charge in [-0.05, 0) is 82.9 Å². The average Bonchev–Trinajstić information content (AvgIpc) is 2.53. The van der Waals surface area contributed by atoms with Gasteiger partial charge >= 0.3 is 0 Å². The Balaban J connectivity index is 1.39. The monoisotopic (exact) mass is 303 g/mol. The zero-order valence-electron chi connectivity index (χ0n) is 14.1. The molecule has 1 aromatic rings. The Hall–Kier alpha value is -1.13. The van der Waals surface area contributed by atoms with E-state index in [9.17, 15) is 0 Å². The molecule has 0 radical (unpaired) electrons. The van der Waals surface area contributed by atoms with Crippen LogP contribution in [0.1, 0.15) is 31.2 Å². The molecule has 0 saturated carbocycles.